The van der Waals surface area contributed by atoms with Crippen molar-refractivity contribution in [2.24, 2.45) is 0 Å². The van der Waals surface area contributed by atoms with Gasteiger partial charge in [-0.1, -0.05) is 6.07 Å². The van der Waals surface area contributed by atoms with E-state index in [0.717, 1.165) is 27.6 Å². The summed E-state index contributed by atoms with van der Waals surface area (Å²) in [5.74, 6) is 1.42. The maximum Gasteiger partial charge on any atom is 0.223 e. The van der Waals surface area contributed by atoms with Crippen LogP contribution in [0.2, 0.25) is 0 Å². The molecule has 0 amide bonds. The van der Waals surface area contributed by atoms with Crippen LogP contribution in [0.1, 0.15) is 0 Å². The molecule has 0 aliphatic rings. The van der Waals surface area contributed by atoms with Crippen LogP contribution in [0.3, 0.4) is 0 Å². The first-order valence-electron chi connectivity index (χ1n) is 7.60. The Morgan fingerprint density at radius 2 is 1.83 bits per heavy atom. The smallest absolute Gasteiger partial charge is 0.223 e. The molecule has 0 fully saturated rings. The number of thiophene rings is 1. The molecule has 2 heterocycles. The van der Waals surface area contributed by atoms with Crippen molar-refractivity contribution >= 4 is 17.3 Å². The maximum atomic E-state index is 5.22. The van der Waals surface area contributed by atoms with Crippen molar-refractivity contribution in [3.05, 3.63) is 47.8 Å². The maximum absolute atomic E-state index is 5.22. The number of methoxy groups -OCH3 is 2. The Balaban J connectivity index is 1.96. The lowest BCUT2D eigenvalue weighted by atomic mass is 10.1. The van der Waals surface area contributed by atoms with Crippen LogP contribution in [-0.2, 0) is 4.74 Å². The fraction of sp³-hybridized carbons (Fsp3) is 0.222. The second-order valence-electron chi connectivity index (χ2n) is 5.09. The topological polar surface area (TPSA) is 56.3 Å². The lowest BCUT2D eigenvalue weighted by Crippen LogP contribution is -2.10. The molecule has 1 aromatic carbocycles. The molecule has 1 N–H and O–H groups in total. The Kier molecular flexibility index (Phi) is 5.40. The number of anilines is 1. The molecule has 3 aromatic rings. The first-order valence-corrected chi connectivity index (χ1v) is 8.48. The highest BCUT2D eigenvalue weighted by molar-refractivity contribution is 7.13. The van der Waals surface area contributed by atoms with Gasteiger partial charge < -0.3 is 14.8 Å². The molecular weight excluding hydrogens is 322 g/mol. The highest BCUT2D eigenvalue weighted by atomic mass is 32.1. The number of rotatable bonds is 7. The summed E-state index contributed by atoms with van der Waals surface area (Å²) in [5.41, 5.74) is 2.80. The molecule has 0 aliphatic carbocycles. The molecule has 3 rings (SSSR count). The number of hydrogen-bond donors (Lipinski definition) is 1. The van der Waals surface area contributed by atoms with E-state index >= 15 is 0 Å². The molecule has 0 saturated heterocycles. The molecule has 0 aliphatic heterocycles. The summed E-state index contributed by atoms with van der Waals surface area (Å²) in [5, 5.41) is 5.26. The molecule has 0 unspecified atom stereocenters. The minimum absolute atomic E-state index is 0.601. The number of nitrogens with one attached hydrogen (secondary N) is 1. The summed E-state index contributed by atoms with van der Waals surface area (Å²) in [6, 6.07) is 13.9. The number of benzene rings is 1. The molecule has 24 heavy (non-hydrogen) atoms. The Morgan fingerprint density at radius 1 is 1.04 bits per heavy atom. The van der Waals surface area contributed by atoms with E-state index in [1.807, 2.05) is 41.8 Å². The Labute approximate surface area is 145 Å². The second kappa shape index (κ2) is 7.90. The summed E-state index contributed by atoms with van der Waals surface area (Å²) < 4.78 is 10.3. The Hall–Kier alpha value is -2.44. The fourth-order valence-corrected chi connectivity index (χ4v) is 2.94. The van der Waals surface area contributed by atoms with Crippen LogP contribution >= 0.6 is 11.3 Å². The lowest BCUT2D eigenvalue weighted by molar-refractivity contribution is 0.210. The highest BCUT2D eigenvalue weighted by Gasteiger charge is 2.09. The second-order valence-corrected chi connectivity index (χ2v) is 6.04. The zero-order valence-electron chi connectivity index (χ0n) is 13.7. The van der Waals surface area contributed by atoms with Crippen molar-refractivity contribution in [1.29, 1.82) is 0 Å². The summed E-state index contributed by atoms with van der Waals surface area (Å²) >= 11 is 1.66. The summed E-state index contributed by atoms with van der Waals surface area (Å²) in [4.78, 5) is 10.4. The van der Waals surface area contributed by atoms with Crippen molar-refractivity contribution in [1.82, 2.24) is 9.97 Å². The third kappa shape index (κ3) is 3.90. The van der Waals surface area contributed by atoms with Crippen LogP contribution in [0, 0.1) is 0 Å². The quantitative estimate of drug-likeness (QED) is 0.660. The normalized spacial score (nSPS) is 10.6. The van der Waals surface area contributed by atoms with E-state index in [0.29, 0.717) is 19.1 Å². The predicted molar refractivity (Wildman–Crippen MR) is 97.7 cm³/mol. The van der Waals surface area contributed by atoms with Gasteiger partial charge in [-0.2, -0.15) is 0 Å². The first kappa shape index (κ1) is 16.4. The SMILES string of the molecule is COCCNc1nc(-c2ccc(OC)cc2)cc(-c2cccs2)n1. The minimum Gasteiger partial charge on any atom is -0.497 e. The van der Waals surface area contributed by atoms with E-state index in [4.69, 9.17) is 9.47 Å². The third-order valence-corrected chi connectivity index (χ3v) is 4.37. The van der Waals surface area contributed by atoms with Gasteiger partial charge in [0.1, 0.15) is 5.75 Å². The van der Waals surface area contributed by atoms with Crippen LogP contribution in [0.25, 0.3) is 21.8 Å². The van der Waals surface area contributed by atoms with Gasteiger partial charge in [0.25, 0.3) is 0 Å². The van der Waals surface area contributed by atoms with Crippen LogP contribution < -0.4 is 10.1 Å². The van der Waals surface area contributed by atoms with E-state index in [1.54, 1.807) is 25.6 Å². The Morgan fingerprint density at radius 3 is 2.50 bits per heavy atom. The van der Waals surface area contributed by atoms with Crippen molar-refractivity contribution in [2.45, 2.75) is 0 Å². The van der Waals surface area contributed by atoms with E-state index < -0.39 is 0 Å². The molecule has 0 bridgehead atoms. The predicted octanol–water partition coefficient (Wildman–Crippen LogP) is 3.94. The summed E-state index contributed by atoms with van der Waals surface area (Å²) in [6.07, 6.45) is 0. The van der Waals surface area contributed by atoms with E-state index in [9.17, 15) is 0 Å². The van der Waals surface area contributed by atoms with Gasteiger partial charge in [0.2, 0.25) is 5.95 Å². The van der Waals surface area contributed by atoms with Gasteiger partial charge in [0, 0.05) is 19.2 Å². The number of hydrogen-bond acceptors (Lipinski definition) is 6. The van der Waals surface area contributed by atoms with Crippen molar-refractivity contribution in [2.75, 3.05) is 32.7 Å². The first-order chi connectivity index (χ1) is 11.8. The molecule has 6 heteroatoms. The molecular formula is C18H19N3O2S. The average molecular weight is 341 g/mol. The molecule has 2 aromatic heterocycles. The van der Waals surface area contributed by atoms with Crippen LogP contribution in [0.15, 0.2) is 47.8 Å². The van der Waals surface area contributed by atoms with Crippen molar-refractivity contribution in [3.63, 3.8) is 0 Å². The van der Waals surface area contributed by atoms with Crippen LogP contribution in [0.4, 0.5) is 5.95 Å². The summed E-state index contributed by atoms with van der Waals surface area (Å²) in [7, 11) is 3.33. The van der Waals surface area contributed by atoms with Gasteiger partial charge in [-0.15, -0.1) is 11.3 Å². The fourth-order valence-electron chi connectivity index (χ4n) is 2.25. The molecule has 5 nitrogen and oxygen atoms in total. The van der Waals surface area contributed by atoms with Gasteiger partial charge in [0.15, 0.2) is 0 Å². The van der Waals surface area contributed by atoms with Crippen molar-refractivity contribution < 1.29 is 9.47 Å². The molecule has 0 saturated carbocycles. The van der Waals surface area contributed by atoms with Crippen molar-refractivity contribution in [3.8, 4) is 27.6 Å². The van der Waals surface area contributed by atoms with Gasteiger partial charge in [-0.3, -0.25) is 0 Å². The largest absolute Gasteiger partial charge is 0.497 e. The number of nitrogens with zero attached hydrogens (tertiary/aromatic N) is 2. The Bertz CT molecular complexity index is 773. The third-order valence-electron chi connectivity index (χ3n) is 3.47. The van der Waals surface area contributed by atoms with Gasteiger partial charge in [-0.05, 0) is 41.8 Å². The number of aromatic nitrogens is 2. The molecule has 0 radical (unpaired) electrons. The lowest BCUT2D eigenvalue weighted by Gasteiger charge is -2.09. The van der Waals surface area contributed by atoms with Crippen LogP contribution in [-0.4, -0.2) is 37.3 Å². The zero-order chi connectivity index (χ0) is 16.8. The minimum atomic E-state index is 0.601. The monoisotopic (exact) mass is 341 g/mol. The highest BCUT2D eigenvalue weighted by Crippen LogP contribution is 2.28. The standard InChI is InChI=1S/C18H19N3O2S/c1-22-10-9-19-18-20-15(13-5-7-14(23-2)8-6-13)12-16(21-18)17-4-3-11-24-17/h3-8,11-12H,9-10H2,1-2H3,(H,19,20,21). The van der Waals surface area contributed by atoms with Gasteiger partial charge in [-0.25, -0.2) is 9.97 Å². The number of ether oxygens (including phenoxy) is 2. The van der Waals surface area contributed by atoms with Gasteiger partial charge >= 0.3 is 0 Å². The zero-order valence-corrected chi connectivity index (χ0v) is 14.5. The molecule has 0 atom stereocenters. The van der Waals surface area contributed by atoms with E-state index in [-0.39, 0.29) is 0 Å². The average Bonchev–Trinajstić information content (AvgIpc) is 3.16. The van der Waals surface area contributed by atoms with E-state index in [2.05, 4.69) is 21.4 Å². The summed E-state index contributed by atoms with van der Waals surface area (Å²) in [6.45, 7) is 1.26. The van der Waals surface area contributed by atoms with E-state index in [1.165, 1.54) is 0 Å². The molecule has 0 spiro atoms. The van der Waals surface area contributed by atoms with Crippen LogP contribution in [0.5, 0.6) is 5.75 Å². The van der Waals surface area contributed by atoms with Gasteiger partial charge in [0.05, 0.1) is 30.0 Å². The molecule has 124 valence electrons.